The molecule has 1 aromatic rings. The zero-order valence-corrected chi connectivity index (χ0v) is 11.6. The molecule has 0 aliphatic carbocycles. The Kier molecular flexibility index (Phi) is 5.83. The summed E-state index contributed by atoms with van der Waals surface area (Å²) in [4.78, 5) is 22.5. The molecule has 1 atom stereocenters. The van der Waals surface area contributed by atoms with E-state index in [1.807, 2.05) is 0 Å². The maximum atomic E-state index is 11.8. The number of aromatic hydroxyl groups is 2. The monoisotopic (exact) mass is 280 g/mol. The van der Waals surface area contributed by atoms with E-state index < -0.39 is 0 Å². The van der Waals surface area contributed by atoms with Gasteiger partial charge in [-0.25, -0.2) is 0 Å². The fraction of sp³-hybridized carbons (Fsp3) is 0.429. The Labute approximate surface area is 117 Å². The third-order valence-corrected chi connectivity index (χ3v) is 2.83. The standard InChI is InChI=1S/C14H20N2O4/c1-9(14(20)16-6-5-15-10(2)17)7-11-3-4-12(18)13(19)8-11/h3-4,8-9,18-19H,5-7H2,1-2H3,(H,15,17)(H,16,20). The van der Waals surface area contributed by atoms with E-state index in [4.69, 9.17) is 0 Å². The molecule has 1 rings (SSSR count). The van der Waals surface area contributed by atoms with E-state index in [0.717, 1.165) is 5.56 Å². The number of hydrogen-bond donors (Lipinski definition) is 4. The summed E-state index contributed by atoms with van der Waals surface area (Å²) in [5.41, 5.74) is 0.768. The molecule has 0 radical (unpaired) electrons. The van der Waals surface area contributed by atoms with E-state index in [1.54, 1.807) is 13.0 Å². The lowest BCUT2D eigenvalue weighted by atomic mass is 10.00. The van der Waals surface area contributed by atoms with Crippen molar-refractivity contribution < 1.29 is 19.8 Å². The quantitative estimate of drug-likeness (QED) is 0.451. The van der Waals surface area contributed by atoms with Crippen molar-refractivity contribution in [3.8, 4) is 11.5 Å². The minimum absolute atomic E-state index is 0.122. The van der Waals surface area contributed by atoms with Gasteiger partial charge in [0.25, 0.3) is 0 Å². The molecular formula is C14H20N2O4. The number of hydrogen-bond acceptors (Lipinski definition) is 4. The van der Waals surface area contributed by atoms with Crippen molar-refractivity contribution in [2.75, 3.05) is 13.1 Å². The Balaban J connectivity index is 2.41. The van der Waals surface area contributed by atoms with E-state index in [0.29, 0.717) is 19.5 Å². The predicted octanol–water partition coefficient (Wildman–Crippen LogP) is 0.529. The highest BCUT2D eigenvalue weighted by Crippen LogP contribution is 2.25. The summed E-state index contributed by atoms with van der Waals surface area (Å²) >= 11 is 0. The van der Waals surface area contributed by atoms with Gasteiger partial charge in [0, 0.05) is 25.9 Å². The topological polar surface area (TPSA) is 98.7 Å². The normalized spacial score (nSPS) is 11.7. The summed E-state index contributed by atoms with van der Waals surface area (Å²) in [5, 5.41) is 23.9. The molecular weight excluding hydrogens is 260 g/mol. The lowest BCUT2D eigenvalue weighted by Gasteiger charge is -2.13. The summed E-state index contributed by atoms with van der Waals surface area (Å²) < 4.78 is 0. The third-order valence-electron chi connectivity index (χ3n) is 2.83. The molecule has 1 unspecified atom stereocenters. The van der Waals surface area contributed by atoms with E-state index in [1.165, 1.54) is 19.1 Å². The van der Waals surface area contributed by atoms with Crippen LogP contribution in [0.2, 0.25) is 0 Å². The first-order valence-corrected chi connectivity index (χ1v) is 6.43. The Morgan fingerprint density at radius 3 is 2.40 bits per heavy atom. The van der Waals surface area contributed by atoms with E-state index in [2.05, 4.69) is 10.6 Å². The molecule has 0 aromatic heterocycles. The van der Waals surface area contributed by atoms with Gasteiger partial charge < -0.3 is 20.8 Å². The van der Waals surface area contributed by atoms with E-state index in [9.17, 15) is 19.8 Å². The average molecular weight is 280 g/mol. The molecule has 6 nitrogen and oxygen atoms in total. The fourth-order valence-electron chi connectivity index (χ4n) is 1.74. The van der Waals surface area contributed by atoms with Crippen LogP contribution >= 0.6 is 0 Å². The fourth-order valence-corrected chi connectivity index (χ4v) is 1.74. The summed E-state index contributed by atoms with van der Waals surface area (Å²) in [5.74, 6) is -0.895. The number of nitrogens with one attached hydrogen (secondary N) is 2. The van der Waals surface area contributed by atoms with Gasteiger partial charge in [-0.05, 0) is 24.1 Å². The maximum absolute atomic E-state index is 11.8. The minimum Gasteiger partial charge on any atom is -0.504 e. The summed E-state index contributed by atoms with van der Waals surface area (Å²) in [6.45, 7) is 3.97. The van der Waals surface area contributed by atoms with Gasteiger partial charge in [0.15, 0.2) is 11.5 Å². The Hall–Kier alpha value is -2.24. The van der Waals surface area contributed by atoms with Crippen LogP contribution in [0.25, 0.3) is 0 Å². The number of carbonyl (C=O) groups excluding carboxylic acids is 2. The van der Waals surface area contributed by atoms with Gasteiger partial charge >= 0.3 is 0 Å². The molecule has 6 heteroatoms. The Morgan fingerprint density at radius 1 is 1.15 bits per heavy atom. The SMILES string of the molecule is CC(=O)NCCNC(=O)C(C)Cc1ccc(O)c(O)c1. The van der Waals surface area contributed by atoms with Crippen molar-refractivity contribution in [3.05, 3.63) is 23.8 Å². The van der Waals surface area contributed by atoms with E-state index in [-0.39, 0.29) is 29.2 Å². The summed E-state index contributed by atoms with van der Waals surface area (Å²) in [6, 6.07) is 4.50. The lowest BCUT2D eigenvalue weighted by Crippen LogP contribution is -2.36. The highest BCUT2D eigenvalue weighted by Gasteiger charge is 2.13. The molecule has 0 saturated heterocycles. The van der Waals surface area contributed by atoms with Crippen LogP contribution in [0, 0.1) is 5.92 Å². The number of amides is 2. The second-order valence-corrected chi connectivity index (χ2v) is 4.70. The van der Waals surface area contributed by atoms with Crippen LogP contribution < -0.4 is 10.6 Å². The Morgan fingerprint density at radius 2 is 1.80 bits per heavy atom. The number of carbonyl (C=O) groups is 2. The van der Waals surface area contributed by atoms with Gasteiger partial charge in [-0.3, -0.25) is 9.59 Å². The molecule has 110 valence electrons. The zero-order chi connectivity index (χ0) is 15.1. The molecule has 0 spiro atoms. The third kappa shape index (κ3) is 5.17. The molecule has 0 aliphatic heterocycles. The number of phenolic OH excluding ortho intramolecular Hbond substituents is 2. The van der Waals surface area contributed by atoms with Gasteiger partial charge in [-0.2, -0.15) is 0 Å². The van der Waals surface area contributed by atoms with E-state index >= 15 is 0 Å². The second-order valence-electron chi connectivity index (χ2n) is 4.70. The average Bonchev–Trinajstić information content (AvgIpc) is 2.38. The number of rotatable bonds is 6. The van der Waals surface area contributed by atoms with Crippen molar-refractivity contribution in [2.45, 2.75) is 20.3 Å². The molecule has 4 N–H and O–H groups in total. The maximum Gasteiger partial charge on any atom is 0.223 e. The summed E-state index contributed by atoms with van der Waals surface area (Å²) in [7, 11) is 0. The van der Waals surface area contributed by atoms with Crippen LogP contribution in [-0.4, -0.2) is 35.1 Å². The van der Waals surface area contributed by atoms with Crippen LogP contribution in [0.15, 0.2) is 18.2 Å². The molecule has 0 heterocycles. The van der Waals surface area contributed by atoms with Crippen molar-refractivity contribution in [1.82, 2.24) is 10.6 Å². The van der Waals surface area contributed by atoms with Gasteiger partial charge in [-0.15, -0.1) is 0 Å². The summed E-state index contributed by atoms with van der Waals surface area (Å²) in [6.07, 6.45) is 0.458. The molecule has 0 fully saturated rings. The number of benzene rings is 1. The molecule has 0 saturated carbocycles. The molecule has 0 bridgehead atoms. The second kappa shape index (κ2) is 7.37. The molecule has 0 aliphatic rings. The minimum atomic E-state index is -0.267. The molecule has 1 aromatic carbocycles. The Bertz CT molecular complexity index is 488. The number of phenols is 2. The highest BCUT2D eigenvalue weighted by atomic mass is 16.3. The first-order chi connectivity index (χ1) is 9.40. The van der Waals surface area contributed by atoms with Gasteiger partial charge in [0.05, 0.1) is 0 Å². The van der Waals surface area contributed by atoms with Crippen LogP contribution in [0.3, 0.4) is 0 Å². The highest BCUT2D eigenvalue weighted by molar-refractivity contribution is 5.78. The predicted molar refractivity (Wildman–Crippen MR) is 74.3 cm³/mol. The van der Waals surface area contributed by atoms with Crippen LogP contribution in [0.5, 0.6) is 11.5 Å². The molecule has 20 heavy (non-hydrogen) atoms. The van der Waals surface area contributed by atoms with Crippen LogP contribution in [0.4, 0.5) is 0 Å². The van der Waals surface area contributed by atoms with Gasteiger partial charge in [0.2, 0.25) is 11.8 Å². The van der Waals surface area contributed by atoms with Crippen molar-refractivity contribution in [1.29, 1.82) is 0 Å². The smallest absolute Gasteiger partial charge is 0.223 e. The van der Waals surface area contributed by atoms with Crippen LogP contribution in [-0.2, 0) is 16.0 Å². The first kappa shape index (κ1) is 15.8. The first-order valence-electron chi connectivity index (χ1n) is 6.43. The van der Waals surface area contributed by atoms with Crippen molar-refractivity contribution in [3.63, 3.8) is 0 Å². The lowest BCUT2D eigenvalue weighted by molar-refractivity contribution is -0.125. The molecule has 2 amide bonds. The zero-order valence-electron chi connectivity index (χ0n) is 11.6. The largest absolute Gasteiger partial charge is 0.504 e. The van der Waals surface area contributed by atoms with Crippen molar-refractivity contribution >= 4 is 11.8 Å². The van der Waals surface area contributed by atoms with Gasteiger partial charge in [0.1, 0.15) is 0 Å². The van der Waals surface area contributed by atoms with Crippen molar-refractivity contribution in [2.24, 2.45) is 5.92 Å². The van der Waals surface area contributed by atoms with Crippen LogP contribution in [0.1, 0.15) is 19.4 Å². The van der Waals surface area contributed by atoms with Gasteiger partial charge in [-0.1, -0.05) is 13.0 Å².